The van der Waals surface area contributed by atoms with Gasteiger partial charge >= 0.3 is 0 Å². The zero-order valence-electron chi connectivity index (χ0n) is 8.41. The molecule has 0 bridgehead atoms. The van der Waals surface area contributed by atoms with Gasteiger partial charge in [-0.25, -0.2) is 4.39 Å². The molecule has 1 aliphatic rings. The van der Waals surface area contributed by atoms with Gasteiger partial charge in [-0.15, -0.1) is 0 Å². The van der Waals surface area contributed by atoms with Gasteiger partial charge in [-0.05, 0) is 26.4 Å². The van der Waals surface area contributed by atoms with E-state index in [1.54, 1.807) is 6.92 Å². The van der Waals surface area contributed by atoms with Crippen molar-refractivity contribution in [2.45, 2.75) is 51.4 Å². The molecular weight excluding hydrogens is 170 g/mol. The Morgan fingerprint density at radius 3 is 2.17 bits per heavy atom. The Hall–Kier alpha value is 0.360. The molecule has 72 valence electrons. The maximum atomic E-state index is 14.1. The van der Waals surface area contributed by atoms with Gasteiger partial charge in [0.15, 0.2) is 0 Å². The highest BCUT2D eigenvalue weighted by Crippen LogP contribution is 2.53. The van der Waals surface area contributed by atoms with Gasteiger partial charge in [-0.1, -0.05) is 34.8 Å². The third-order valence-electron chi connectivity index (χ3n) is 3.56. The largest absolute Gasteiger partial charge is 0.239 e. The van der Waals surface area contributed by atoms with E-state index in [0.29, 0.717) is 8.58 Å². The topological polar surface area (TPSA) is 0 Å². The molecule has 1 rings (SSSR count). The third-order valence-corrected chi connectivity index (χ3v) is 5.10. The molecule has 1 saturated carbocycles. The van der Waals surface area contributed by atoms with E-state index in [4.69, 9.17) is 0 Å². The van der Waals surface area contributed by atoms with Crippen molar-refractivity contribution in [3.63, 3.8) is 0 Å². The smallest absolute Gasteiger partial charge is 0.128 e. The predicted octanol–water partition coefficient (Wildman–Crippen LogP) is 3.95. The lowest BCUT2D eigenvalue weighted by atomic mass is 9.72. The van der Waals surface area contributed by atoms with Crippen LogP contribution in [0.2, 0.25) is 0 Å². The van der Waals surface area contributed by atoms with E-state index in [2.05, 4.69) is 6.92 Å². The van der Waals surface area contributed by atoms with Crippen molar-refractivity contribution in [2.24, 2.45) is 5.41 Å². The van der Waals surface area contributed by atoms with E-state index in [0.717, 1.165) is 12.8 Å². The summed E-state index contributed by atoms with van der Waals surface area (Å²) in [6.45, 7) is 5.90. The van der Waals surface area contributed by atoms with Crippen molar-refractivity contribution in [1.29, 1.82) is 0 Å². The van der Waals surface area contributed by atoms with Crippen LogP contribution in [0.15, 0.2) is 0 Å². The highest BCUT2D eigenvalue weighted by Gasteiger charge is 2.44. The first-order chi connectivity index (χ1) is 5.52. The van der Waals surface area contributed by atoms with Crippen molar-refractivity contribution >= 4 is 8.58 Å². The molecule has 0 aromatic heterocycles. The summed E-state index contributed by atoms with van der Waals surface area (Å²) in [4.78, 5) is 0. The van der Waals surface area contributed by atoms with E-state index in [9.17, 15) is 4.39 Å². The summed E-state index contributed by atoms with van der Waals surface area (Å²) in [5, 5.41) is -0.923. The standard InChI is InChI=1S/C10H20FP/c1-9(10(2,11)12-3)7-5-4-6-8-9/h12H,4-8H2,1-3H3. The number of alkyl halides is 1. The Balaban J connectivity index is 2.68. The van der Waals surface area contributed by atoms with Crippen molar-refractivity contribution in [3.8, 4) is 0 Å². The van der Waals surface area contributed by atoms with Gasteiger partial charge in [-0.2, -0.15) is 0 Å². The van der Waals surface area contributed by atoms with E-state index in [-0.39, 0.29) is 5.41 Å². The third kappa shape index (κ3) is 1.82. The number of hydrogen-bond acceptors (Lipinski definition) is 0. The summed E-state index contributed by atoms with van der Waals surface area (Å²) >= 11 is 0. The molecule has 0 aliphatic heterocycles. The van der Waals surface area contributed by atoms with Crippen LogP contribution < -0.4 is 0 Å². The lowest BCUT2D eigenvalue weighted by Crippen LogP contribution is -2.37. The summed E-state index contributed by atoms with van der Waals surface area (Å²) in [6.07, 6.45) is 5.92. The molecule has 0 nitrogen and oxygen atoms in total. The van der Waals surface area contributed by atoms with Crippen LogP contribution in [0.1, 0.15) is 46.0 Å². The van der Waals surface area contributed by atoms with Crippen LogP contribution in [0, 0.1) is 5.41 Å². The number of rotatable bonds is 2. The summed E-state index contributed by atoms with van der Waals surface area (Å²) in [5.74, 6) is 0. The van der Waals surface area contributed by atoms with Gasteiger partial charge in [0.05, 0.1) is 0 Å². The van der Waals surface area contributed by atoms with Crippen LogP contribution in [-0.2, 0) is 0 Å². The molecule has 0 amide bonds. The van der Waals surface area contributed by atoms with Crippen LogP contribution in [0.3, 0.4) is 0 Å². The Bertz CT molecular complexity index is 148. The molecule has 2 atom stereocenters. The molecular formula is C10H20FP. The minimum atomic E-state index is -0.923. The van der Waals surface area contributed by atoms with Crippen LogP contribution in [-0.4, -0.2) is 12.1 Å². The fourth-order valence-corrected chi connectivity index (χ4v) is 2.96. The second-order valence-electron chi connectivity index (χ2n) is 4.37. The molecule has 0 aromatic rings. The highest BCUT2D eigenvalue weighted by atomic mass is 31.1. The summed E-state index contributed by atoms with van der Waals surface area (Å²) in [5.41, 5.74) is -0.0293. The fourth-order valence-electron chi connectivity index (χ4n) is 2.10. The normalized spacial score (nSPS) is 29.0. The zero-order chi connectivity index (χ0) is 9.24. The Morgan fingerprint density at radius 1 is 1.25 bits per heavy atom. The first-order valence-corrected chi connectivity index (χ1v) is 6.40. The monoisotopic (exact) mass is 190 g/mol. The molecule has 1 fully saturated rings. The molecule has 2 heteroatoms. The summed E-state index contributed by atoms with van der Waals surface area (Å²) < 4.78 is 14.1. The van der Waals surface area contributed by atoms with Gasteiger partial charge in [-0.3, -0.25) is 0 Å². The Kier molecular flexibility index (Phi) is 3.15. The second-order valence-corrected chi connectivity index (χ2v) is 5.81. The highest BCUT2D eigenvalue weighted by molar-refractivity contribution is 7.38. The quantitative estimate of drug-likeness (QED) is 0.578. The van der Waals surface area contributed by atoms with Crippen LogP contribution in [0.4, 0.5) is 4.39 Å². The average Bonchev–Trinajstić information content (AvgIpc) is 2.06. The molecule has 0 N–H and O–H groups in total. The zero-order valence-corrected chi connectivity index (χ0v) is 9.41. The van der Waals surface area contributed by atoms with Crippen molar-refractivity contribution in [3.05, 3.63) is 0 Å². The Morgan fingerprint density at radius 2 is 1.75 bits per heavy atom. The van der Waals surface area contributed by atoms with Gasteiger partial charge < -0.3 is 0 Å². The van der Waals surface area contributed by atoms with E-state index < -0.39 is 5.41 Å². The van der Waals surface area contributed by atoms with Gasteiger partial charge in [0.1, 0.15) is 5.41 Å². The number of hydrogen-bond donors (Lipinski definition) is 0. The molecule has 12 heavy (non-hydrogen) atoms. The minimum Gasteiger partial charge on any atom is -0.239 e. The van der Waals surface area contributed by atoms with Crippen LogP contribution in [0.25, 0.3) is 0 Å². The predicted molar refractivity (Wildman–Crippen MR) is 54.9 cm³/mol. The SMILES string of the molecule is CPC(C)(F)C1(C)CCCCC1. The van der Waals surface area contributed by atoms with Crippen LogP contribution in [0.5, 0.6) is 0 Å². The average molecular weight is 190 g/mol. The van der Waals surface area contributed by atoms with Crippen LogP contribution >= 0.6 is 8.58 Å². The molecule has 0 saturated heterocycles. The number of halogens is 1. The second kappa shape index (κ2) is 3.62. The first kappa shape index (κ1) is 10.4. The van der Waals surface area contributed by atoms with Gasteiger partial charge in [0, 0.05) is 5.41 Å². The van der Waals surface area contributed by atoms with Crippen molar-refractivity contribution < 1.29 is 4.39 Å². The van der Waals surface area contributed by atoms with Crippen molar-refractivity contribution in [2.75, 3.05) is 6.66 Å². The molecule has 0 spiro atoms. The van der Waals surface area contributed by atoms with Gasteiger partial charge in [0.25, 0.3) is 0 Å². The maximum absolute atomic E-state index is 14.1. The van der Waals surface area contributed by atoms with E-state index in [1.165, 1.54) is 19.3 Å². The van der Waals surface area contributed by atoms with Gasteiger partial charge in [0.2, 0.25) is 0 Å². The van der Waals surface area contributed by atoms with Crippen molar-refractivity contribution in [1.82, 2.24) is 0 Å². The fraction of sp³-hybridized carbons (Fsp3) is 1.00. The Labute approximate surface area is 77.1 Å². The molecule has 0 aromatic carbocycles. The molecule has 2 unspecified atom stereocenters. The molecule has 0 heterocycles. The van der Waals surface area contributed by atoms with E-state index in [1.807, 2.05) is 6.66 Å². The summed E-state index contributed by atoms with van der Waals surface area (Å²) in [6, 6.07) is 0. The minimum absolute atomic E-state index is 0.0293. The molecule has 0 radical (unpaired) electrons. The first-order valence-electron chi connectivity index (χ1n) is 4.90. The maximum Gasteiger partial charge on any atom is 0.128 e. The van der Waals surface area contributed by atoms with E-state index >= 15 is 0 Å². The summed E-state index contributed by atoms with van der Waals surface area (Å²) in [7, 11) is 0.420. The lowest BCUT2D eigenvalue weighted by Gasteiger charge is -2.43. The lowest BCUT2D eigenvalue weighted by molar-refractivity contribution is 0.0618. The molecule has 1 aliphatic carbocycles.